The Morgan fingerprint density at radius 1 is 1.22 bits per heavy atom. The zero-order valence-electron chi connectivity index (χ0n) is 16.4. The van der Waals surface area contributed by atoms with E-state index in [0.29, 0.717) is 6.42 Å². The van der Waals surface area contributed by atoms with Crippen LogP contribution in [-0.4, -0.2) is 62.1 Å². The van der Waals surface area contributed by atoms with Crippen molar-refractivity contribution in [1.29, 1.82) is 0 Å². The van der Waals surface area contributed by atoms with Gasteiger partial charge in [-0.1, -0.05) is 6.08 Å². The molecule has 3 rings (SSSR count). The predicted molar refractivity (Wildman–Crippen MR) is 92.4 cm³/mol. The highest BCUT2D eigenvalue weighted by molar-refractivity contribution is 5.75. The van der Waals surface area contributed by atoms with Crippen LogP contribution in [0, 0.1) is 11.8 Å². The van der Waals surface area contributed by atoms with Crippen LogP contribution in [0.2, 0.25) is 0 Å². The molecule has 1 aliphatic carbocycles. The van der Waals surface area contributed by atoms with Crippen LogP contribution in [0.15, 0.2) is 12.2 Å². The largest absolute Gasteiger partial charge is 0.466 e. The van der Waals surface area contributed by atoms with Crippen molar-refractivity contribution in [3.8, 4) is 0 Å². The average Bonchev–Trinajstić information content (AvgIpc) is 3.05. The molecule has 3 aliphatic rings. The Labute approximate surface area is 159 Å². The number of hydrogen-bond acceptors (Lipinski definition) is 8. The average molecular weight is 384 g/mol. The molecule has 2 aliphatic heterocycles. The van der Waals surface area contributed by atoms with Crippen LogP contribution in [0.5, 0.6) is 0 Å². The van der Waals surface area contributed by atoms with Gasteiger partial charge in [0.1, 0.15) is 24.2 Å². The molecule has 0 aromatic rings. The summed E-state index contributed by atoms with van der Waals surface area (Å²) in [6.45, 7) is 6.93. The van der Waals surface area contributed by atoms with Crippen molar-refractivity contribution in [3.05, 3.63) is 12.2 Å². The van der Waals surface area contributed by atoms with Crippen LogP contribution >= 0.6 is 0 Å². The number of esters is 2. The molecule has 27 heavy (non-hydrogen) atoms. The van der Waals surface area contributed by atoms with E-state index >= 15 is 0 Å². The minimum atomic E-state index is -0.760. The molecule has 0 radical (unpaired) electrons. The summed E-state index contributed by atoms with van der Waals surface area (Å²) in [5, 5.41) is 0. The standard InChI is InChI=1S/C19H28O8/c1-6-23-17(21)13-11(8-7-9-12(13)24-10(2)20)14-15(22-5)16-18(25-14)27-19(3,4)26-16/h7,9,11-16,18H,6,8H2,1-5H3/t11-,12-,13+,14-,15+,16-,18-/m1/s1. The quantitative estimate of drug-likeness (QED) is 0.521. The lowest BCUT2D eigenvalue weighted by Gasteiger charge is -2.37. The third kappa shape index (κ3) is 4.03. The van der Waals surface area contributed by atoms with Crippen molar-refractivity contribution in [2.75, 3.05) is 13.7 Å². The molecular weight excluding hydrogens is 356 g/mol. The van der Waals surface area contributed by atoms with Crippen molar-refractivity contribution in [1.82, 2.24) is 0 Å². The molecule has 0 spiro atoms. The molecular formula is C19H28O8. The van der Waals surface area contributed by atoms with Gasteiger partial charge in [0.2, 0.25) is 0 Å². The van der Waals surface area contributed by atoms with E-state index in [2.05, 4.69) is 0 Å². The Hall–Kier alpha value is -1.48. The van der Waals surface area contributed by atoms with Gasteiger partial charge < -0.3 is 28.4 Å². The molecule has 7 atom stereocenters. The van der Waals surface area contributed by atoms with Crippen LogP contribution in [0.3, 0.4) is 0 Å². The van der Waals surface area contributed by atoms with Crippen molar-refractivity contribution in [3.63, 3.8) is 0 Å². The van der Waals surface area contributed by atoms with Crippen LogP contribution in [0.25, 0.3) is 0 Å². The van der Waals surface area contributed by atoms with Gasteiger partial charge >= 0.3 is 11.9 Å². The molecule has 0 unspecified atom stereocenters. The number of methoxy groups -OCH3 is 1. The minimum Gasteiger partial charge on any atom is -0.466 e. The summed E-state index contributed by atoms with van der Waals surface area (Å²) in [5.74, 6) is -2.63. The van der Waals surface area contributed by atoms with E-state index in [4.69, 9.17) is 28.4 Å². The first kappa shape index (κ1) is 20.3. The van der Waals surface area contributed by atoms with Gasteiger partial charge in [0.15, 0.2) is 12.1 Å². The SMILES string of the molecule is CCOC(=O)[C@H]1[C@H]([C@H]2O[C@@H]3OC(C)(C)O[C@@H]3[C@H]2OC)CC=C[C@H]1OC(C)=O. The normalized spacial score (nSPS) is 39.8. The Kier molecular flexibility index (Phi) is 5.90. The smallest absolute Gasteiger partial charge is 0.313 e. The second-order valence-corrected chi connectivity index (χ2v) is 7.45. The molecule has 2 saturated heterocycles. The number of fused-ring (bicyclic) bond motifs is 1. The summed E-state index contributed by atoms with van der Waals surface area (Å²) < 4.78 is 34.2. The van der Waals surface area contributed by atoms with Gasteiger partial charge in [0.05, 0.1) is 12.7 Å². The lowest BCUT2D eigenvalue weighted by Crippen LogP contribution is -2.48. The number of carbonyl (C=O) groups excluding carboxylic acids is 2. The zero-order valence-corrected chi connectivity index (χ0v) is 16.4. The molecule has 0 bridgehead atoms. The van der Waals surface area contributed by atoms with Gasteiger partial charge in [-0.3, -0.25) is 9.59 Å². The second kappa shape index (κ2) is 7.87. The van der Waals surface area contributed by atoms with E-state index in [1.54, 1.807) is 20.1 Å². The fraction of sp³-hybridized carbons (Fsp3) is 0.789. The fourth-order valence-electron chi connectivity index (χ4n) is 4.19. The van der Waals surface area contributed by atoms with Crippen molar-refractivity contribution < 1.29 is 38.0 Å². The predicted octanol–water partition coefficient (Wildman–Crippen LogP) is 1.56. The number of carbonyl (C=O) groups is 2. The Morgan fingerprint density at radius 2 is 1.96 bits per heavy atom. The first-order chi connectivity index (χ1) is 12.8. The monoisotopic (exact) mass is 384 g/mol. The molecule has 0 aromatic heterocycles. The van der Waals surface area contributed by atoms with E-state index < -0.39 is 54.3 Å². The molecule has 2 fully saturated rings. The van der Waals surface area contributed by atoms with E-state index in [-0.39, 0.29) is 12.5 Å². The van der Waals surface area contributed by atoms with Gasteiger partial charge in [-0.15, -0.1) is 0 Å². The van der Waals surface area contributed by atoms with Gasteiger partial charge in [-0.05, 0) is 33.3 Å². The second-order valence-electron chi connectivity index (χ2n) is 7.45. The summed E-state index contributed by atoms with van der Waals surface area (Å²) in [4.78, 5) is 24.2. The first-order valence-electron chi connectivity index (χ1n) is 9.31. The molecule has 8 nitrogen and oxygen atoms in total. The molecule has 0 N–H and O–H groups in total. The van der Waals surface area contributed by atoms with Crippen LogP contribution in [0.4, 0.5) is 0 Å². The molecule has 2 heterocycles. The lowest BCUT2D eigenvalue weighted by atomic mass is 9.76. The topological polar surface area (TPSA) is 89.5 Å². The molecule has 8 heteroatoms. The minimum absolute atomic E-state index is 0.240. The number of rotatable bonds is 5. The molecule has 0 aromatic carbocycles. The maximum atomic E-state index is 12.7. The lowest BCUT2D eigenvalue weighted by molar-refractivity contribution is -0.227. The van der Waals surface area contributed by atoms with E-state index in [1.807, 2.05) is 19.9 Å². The maximum Gasteiger partial charge on any atom is 0.313 e. The Morgan fingerprint density at radius 3 is 2.59 bits per heavy atom. The molecule has 0 amide bonds. The van der Waals surface area contributed by atoms with Gasteiger partial charge in [-0.2, -0.15) is 0 Å². The van der Waals surface area contributed by atoms with Gasteiger partial charge in [-0.25, -0.2) is 0 Å². The molecule has 0 saturated carbocycles. The summed E-state index contributed by atoms with van der Waals surface area (Å²) in [6.07, 6.45) is 1.64. The summed E-state index contributed by atoms with van der Waals surface area (Å²) >= 11 is 0. The third-order valence-electron chi connectivity index (χ3n) is 5.13. The van der Waals surface area contributed by atoms with Gasteiger partial charge in [0, 0.05) is 20.0 Å². The fourth-order valence-corrected chi connectivity index (χ4v) is 4.19. The Balaban J connectivity index is 1.85. The third-order valence-corrected chi connectivity index (χ3v) is 5.13. The van der Waals surface area contributed by atoms with Crippen LogP contribution < -0.4 is 0 Å². The highest BCUT2D eigenvalue weighted by Gasteiger charge is 2.59. The van der Waals surface area contributed by atoms with Crippen molar-refractivity contribution in [2.24, 2.45) is 11.8 Å². The van der Waals surface area contributed by atoms with E-state index in [9.17, 15) is 9.59 Å². The number of hydrogen-bond donors (Lipinski definition) is 0. The maximum absolute atomic E-state index is 12.7. The molecule has 152 valence electrons. The van der Waals surface area contributed by atoms with Crippen molar-refractivity contribution >= 4 is 11.9 Å². The zero-order chi connectivity index (χ0) is 19.8. The van der Waals surface area contributed by atoms with Crippen LogP contribution in [0.1, 0.15) is 34.1 Å². The summed E-state index contributed by atoms with van der Waals surface area (Å²) in [5.41, 5.74) is 0. The summed E-state index contributed by atoms with van der Waals surface area (Å²) in [6, 6.07) is 0. The van der Waals surface area contributed by atoms with E-state index in [1.165, 1.54) is 6.92 Å². The Bertz CT molecular complexity index is 601. The van der Waals surface area contributed by atoms with Crippen molar-refractivity contribution in [2.45, 2.75) is 70.6 Å². The summed E-state index contributed by atoms with van der Waals surface area (Å²) in [7, 11) is 1.58. The highest BCUT2D eigenvalue weighted by Crippen LogP contribution is 2.44. The van der Waals surface area contributed by atoms with E-state index in [0.717, 1.165) is 0 Å². The highest BCUT2D eigenvalue weighted by atomic mass is 16.8. The van der Waals surface area contributed by atoms with Crippen LogP contribution in [-0.2, 0) is 38.0 Å². The van der Waals surface area contributed by atoms with Gasteiger partial charge in [0.25, 0.3) is 0 Å². The first-order valence-corrected chi connectivity index (χ1v) is 9.31. The number of ether oxygens (including phenoxy) is 6. The number of allylic oxidation sites excluding steroid dienone is 1.